The maximum absolute atomic E-state index is 6.13. The molecule has 0 atom stereocenters. The molecule has 0 saturated carbocycles. The van der Waals surface area contributed by atoms with E-state index < -0.39 is 0 Å². The minimum atomic E-state index is -0.336. The molecule has 3 heteroatoms. The van der Waals surface area contributed by atoms with Gasteiger partial charge in [0.15, 0.2) is 0 Å². The molecular weight excluding hydrogens is 258 g/mol. The fraction of sp³-hybridized carbons (Fsp3) is 0.167. The Morgan fingerprint density at radius 1 is 1.00 bits per heavy atom. The molecule has 21 heavy (non-hydrogen) atoms. The van der Waals surface area contributed by atoms with Crippen molar-refractivity contribution in [2.75, 3.05) is 0 Å². The number of nitrogens with two attached hydrogens (primary N) is 1. The van der Waals surface area contributed by atoms with Gasteiger partial charge in [0.05, 0.1) is 11.4 Å². The number of hydrogen-bond acceptors (Lipinski definition) is 3. The molecule has 2 aromatic rings. The van der Waals surface area contributed by atoms with E-state index in [9.17, 15) is 0 Å². The van der Waals surface area contributed by atoms with Crippen LogP contribution in [0.4, 0.5) is 0 Å². The van der Waals surface area contributed by atoms with Gasteiger partial charge < -0.3 is 5.73 Å². The lowest BCUT2D eigenvalue weighted by atomic mass is 9.91. The molecule has 3 nitrogen and oxygen atoms in total. The Morgan fingerprint density at radius 2 is 1.62 bits per heavy atom. The van der Waals surface area contributed by atoms with Crippen LogP contribution >= 0.6 is 0 Å². The van der Waals surface area contributed by atoms with Crippen molar-refractivity contribution in [3.05, 3.63) is 77.4 Å². The van der Waals surface area contributed by atoms with E-state index in [-0.39, 0.29) is 5.54 Å². The predicted molar refractivity (Wildman–Crippen MR) is 87.9 cm³/mol. The lowest BCUT2D eigenvalue weighted by molar-refractivity contribution is 0.554. The Labute approximate surface area is 125 Å². The number of nitrogens with zero attached hydrogens (tertiary/aromatic N) is 1. The van der Waals surface area contributed by atoms with Gasteiger partial charge in [0.25, 0.3) is 0 Å². The van der Waals surface area contributed by atoms with Crippen molar-refractivity contribution in [1.82, 2.24) is 5.43 Å². The summed E-state index contributed by atoms with van der Waals surface area (Å²) in [6.07, 6.45) is 0. The summed E-state index contributed by atoms with van der Waals surface area (Å²) < 4.78 is 0. The summed E-state index contributed by atoms with van der Waals surface area (Å²) in [5.41, 5.74) is 14.9. The molecule has 106 valence electrons. The molecule has 0 unspecified atom stereocenters. The topological polar surface area (TPSA) is 50.4 Å². The molecule has 1 heterocycles. The minimum Gasteiger partial charge on any atom is -0.322 e. The maximum atomic E-state index is 6.13. The first kappa shape index (κ1) is 13.6. The Kier molecular flexibility index (Phi) is 3.15. The lowest BCUT2D eigenvalue weighted by Gasteiger charge is -2.21. The number of benzene rings is 2. The van der Waals surface area contributed by atoms with E-state index in [1.165, 1.54) is 0 Å². The van der Waals surface area contributed by atoms with Gasteiger partial charge in [-0.25, -0.2) is 0 Å². The van der Waals surface area contributed by atoms with Crippen LogP contribution in [0.25, 0.3) is 5.70 Å². The molecule has 1 aliphatic heterocycles. The van der Waals surface area contributed by atoms with E-state index in [2.05, 4.69) is 53.5 Å². The summed E-state index contributed by atoms with van der Waals surface area (Å²) in [5, 5.41) is 4.45. The molecule has 0 saturated heterocycles. The number of hydrazone groups is 1. The highest BCUT2D eigenvalue weighted by Gasteiger charge is 2.19. The van der Waals surface area contributed by atoms with Crippen LogP contribution in [-0.4, -0.2) is 5.71 Å². The van der Waals surface area contributed by atoms with Gasteiger partial charge in [-0.15, -0.1) is 0 Å². The van der Waals surface area contributed by atoms with Crippen LogP contribution in [0.15, 0.2) is 60.2 Å². The highest BCUT2D eigenvalue weighted by Crippen LogP contribution is 2.25. The molecule has 0 aliphatic carbocycles. The Morgan fingerprint density at radius 3 is 2.24 bits per heavy atom. The van der Waals surface area contributed by atoms with Crippen molar-refractivity contribution in [2.24, 2.45) is 10.8 Å². The fourth-order valence-corrected chi connectivity index (χ4v) is 2.47. The summed E-state index contributed by atoms with van der Waals surface area (Å²) in [5.74, 6) is 0. The zero-order valence-electron chi connectivity index (χ0n) is 12.4. The van der Waals surface area contributed by atoms with E-state index in [4.69, 9.17) is 5.73 Å². The van der Waals surface area contributed by atoms with Gasteiger partial charge in [-0.1, -0.05) is 55.1 Å². The third-order valence-electron chi connectivity index (χ3n) is 3.71. The SMILES string of the molecule is C=C1NN=C(c2ccc(C(C)(C)N)cc2)c2ccccc21. The van der Waals surface area contributed by atoms with Gasteiger partial charge in [0, 0.05) is 22.2 Å². The average Bonchev–Trinajstić information content (AvgIpc) is 2.47. The minimum absolute atomic E-state index is 0.336. The first-order chi connectivity index (χ1) is 9.97. The van der Waals surface area contributed by atoms with Gasteiger partial charge >= 0.3 is 0 Å². The second-order valence-electron chi connectivity index (χ2n) is 5.90. The van der Waals surface area contributed by atoms with Crippen molar-refractivity contribution in [2.45, 2.75) is 19.4 Å². The highest BCUT2D eigenvalue weighted by atomic mass is 15.3. The van der Waals surface area contributed by atoms with Crippen molar-refractivity contribution in [3.63, 3.8) is 0 Å². The highest BCUT2D eigenvalue weighted by molar-refractivity contribution is 6.16. The van der Waals surface area contributed by atoms with E-state index in [1.807, 2.05) is 26.0 Å². The van der Waals surface area contributed by atoms with Crippen LogP contribution in [0.5, 0.6) is 0 Å². The van der Waals surface area contributed by atoms with Crippen molar-refractivity contribution in [1.29, 1.82) is 0 Å². The molecule has 3 N–H and O–H groups in total. The normalized spacial score (nSPS) is 14.2. The van der Waals surface area contributed by atoms with Gasteiger partial charge in [0.1, 0.15) is 0 Å². The van der Waals surface area contributed by atoms with Crippen LogP contribution in [0.3, 0.4) is 0 Å². The van der Waals surface area contributed by atoms with E-state index in [1.54, 1.807) is 0 Å². The fourth-order valence-electron chi connectivity index (χ4n) is 2.47. The smallest absolute Gasteiger partial charge is 0.0984 e. The third kappa shape index (κ3) is 2.48. The van der Waals surface area contributed by atoms with E-state index >= 15 is 0 Å². The quantitative estimate of drug-likeness (QED) is 0.885. The molecule has 0 fully saturated rings. The van der Waals surface area contributed by atoms with E-state index in [0.717, 1.165) is 33.7 Å². The van der Waals surface area contributed by atoms with Gasteiger partial charge in [0.2, 0.25) is 0 Å². The molecule has 3 rings (SSSR count). The Bertz CT molecular complexity index is 719. The number of hydrogen-bond donors (Lipinski definition) is 2. The first-order valence-electron chi connectivity index (χ1n) is 6.99. The summed E-state index contributed by atoms with van der Waals surface area (Å²) in [6.45, 7) is 8.00. The van der Waals surface area contributed by atoms with Gasteiger partial charge in [-0.05, 0) is 19.4 Å². The number of nitrogens with one attached hydrogen (secondary N) is 1. The molecule has 0 spiro atoms. The molecule has 2 aromatic carbocycles. The summed E-state index contributed by atoms with van der Waals surface area (Å²) in [4.78, 5) is 0. The summed E-state index contributed by atoms with van der Waals surface area (Å²) in [6, 6.07) is 16.4. The zero-order valence-corrected chi connectivity index (χ0v) is 12.4. The summed E-state index contributed by atoms with van der Waals surface area (Å²) in [7, 11) is 0. The Hall–Kier alpha value is -2.39. The molecule has 0 bridgehead atoms. The van der Waals surface area contributed by atoms with Crippen LogP contribution in [0.2, 0.25) is 0 Å². The van der Waals surface area contributed by atoms with Gasteiger partial charge in [-0.2, -0.15) is 5.10 Å². The standard InChI is InChI=1S/C18H19N3/c1-12-15-6-4-5-7-16(15)17(21-20-12)13-8-10-14(11-9-13)18(2,3)19/h4-11,20H,1,19H2,2-3H3. The number of rotatable bonds is 2. The average molecular weight is 277 g/mol. The van der Waals surface area contributed by atoms with Crippen LogP contribution in [0, 0.1) is 0 Å². The number of fused-ring (bicyclic) bond motifs is 1. The zero-order chi connectivity index (χ0) is 15.0. The molecule has 1 aliphatic rings. The molecule has 0 amide bonds. The second-order valence-corrected chi connectivity index (χ2v) is 5.90. The molecular formula is C18H19N3. The maximum Gasteiger partial charge on any atom is 0.0984 e. The molecule has 0 radical (unpaired) electrons. The van der Waals surface area contributed by atoms with E-state index in [0.29, 0.717) is 0 Å². The predicted octanol–water partition coefficient (Wildman–Crippen LogP) is 3.21. The van der Waals surface area contributed by atoms with Crippen LogP contribution in [0.1, 0.15) is 36.1 Å². The van der Waals surface area contributed by atoms with Crippen molar-refractivity contribution >= 4 is 11.4 Å². The van der Waals surface area contributed by atoms with Crippen LogP contribution < -0.4 is 11.2 Å². The second kappa shape index (κ2) is 4.86. The molecule has 0 aromatic heterocycles. The van der Waals surface area contributed by atoms with Crippen molar-refractivity contribution in [3.8, 4) is 0 Å². The van der Waals surface area contributed by atoms with Crippen LogP contribution in [-0.2, 0) is 5.54 Å². The third-order valence-corrected chi connectivity index (χ3v) is 3.71. The Balaban J connectivity index is 2.04. The van der Waals surface area contributed by atoms with Gasteiger partial charge in [-0.3, -0.25) is 5.43 Å². The largest absolute Gasteiger partial charge is 0.322 e. The first-order valence-corrected chi connectivity index (χ1v) is 6.99. The van der Waals surface area contributed by atoms with Crippen molar-refractivity contribution < 1.29 is 0 Å². The summed E-state index contributed by atoms with van der Waals surface area (Å²) >= 11 is 0. The lowest BCUT2D eigenvalue weighted by Crippen LogP contribution is -2.28. The monoisotopic (exact) mass is 277 g/mol.